The molecule has 2 aromatic heterocycles. The predicted octanol–water partition coefficient (Wildman–Crippen LogP) is 3.55. The number of aryl methyl sites for hydroxylation is 1. The number of fused-ring (bicyclic) bond motifs is 1. The van der Waals surface area contributed by atoms with Crippen LogP contribution in [-0.2, 0) is 0 Å². The van der Waals surface area contributed by atoms with Gasteiger partial charge in [0.05, 0.1) is 11.7 Å². The number of nitrogens with zero attached hydrogens (tertiary/aromatic N) is 5. The van der Waals surface area contributed by atoms with Gasteiger partial charge in [-0.25, -0.2) is 4.98 Å². The summed E-state index contributed by atoms with van der Waals surface area (Å²) in [7, 11) is 0. The van der Waals surface area contributed by atoms with Crippen molar-refractivity contribution in [1.82, 2.24) is 24.5 Å². The Labute approximate surface area is 154 Å². The quantitative estimate of drug-likeness (QED) is 0.557. The van der Waals surface area contributed by atoms with E-state index in [2.05, 4.69) is 15.3 Å². The number of aromatic nitrogens is 5. The summed E-state index contributed by atoms with van der Waals surface area (Å²) in [6, 6.07) is 15.2. The first-order valence-electron chi connectivity index (χ1n) is 8.20. The lowest BCUT2D eigenvalue weighted by Crippen LogP contribution is -2.24. The number of rotatable bonds is 3. The minimum Gasteiger partial charge on any atom is -0.290 e. The Balaban J connectivity index is 1.83. The van der Waals surface area contributed by atoms with Gasteiger partial charge in [0.25, 0.3) is 5.56 Å². The summed E-state index contributed by atoms with van der Waals surface area (Å²) in [5, 5.41) is 8.78. The number of hydrogen-bond acceptors (Lipinski definition) is 4. The van der Waals surface area contributed by atoms with Gasteiger partial charge in [-0.2, -0.15) is 4.68 Å². The zero-order valence-electron chi connectivity index (χ0n) is 14.3. The van der Waals surface area contributed by atoms with E-state index >= 15 is 0 Å². The first-order valence-corrected chi connectivity index (χ1v) is 8.58. The topological polar surface area (TPSA) is 65.6 Å². The van der Waals surface area contributed by atoms with E-state index in [1.807, 2.05) is 56.3 Å². The molecule has 0 N–H and O–H groups in total. The first kappa shape index (κ1) is 16.5. The second-order valence-corrected chi connectivity index (χ2v) is 6.56. The highest BCUT2D eigenvalue weighted by atomic mass is 35.5. The number of benzene rings is 2. The first-order chi connectivity index (χ1) is 12.6. The van der Waals surface area contributed by atoms with E-state index in [1.54, 1.807) is 10.6 Å². The fraction of sp³-hybridized carbons (Fsp3) is 0.158. The lowest BCUT2D eigenvalue weighted by molar-refractivity contribution is 0.607. The molecule has 26 heavy (non-hydrogen) atoms. The molecule has 0 aliphatic heterocycles. The molecule has 1 atom stereocenters. The van der Waals surface area contributed by atoms with Crippen LogP contribution in [0.15, 0.2) is 59.7 Å². The second-order valence-electron chi connectivity index (χ2n) is 6.15. The molecule has 4 aromatic rings. The molecule has 7 heteroatoms. The Morgan fingerprint density at radius 2 is 1.88 bits per heavy atom. The Bertz CT molecular complexity index is 1150. The van der Waals surface area contributed by atoms with Crippen LogP contribution in [-0.4, -0.2) is 24.5 Å². The fourth-order valence-electron chi connectivity index (χ4n) is 2.88. The van der Waals surface area contributed by atoms with E-state index in [9.17, 15) is 4.79 Å². The van der Waals surface area contributed by atoms with E-state index in [0.29, 0.717) is 16.4 Å². The van der Waals surface area contributed by atoms with Crippen molar-refractivity contribution in [2.75, 3.05) is 0 Å². The zero-order chi connectivity index (χ0) is 18.3. The van der Waals surface area contributed by atoms with Crippen LogP contribution in [0.1, 0.15) is 24.1 Å². The van der Waals surface area contributed by atoms with E-state index in [0.717, 1.165) is 11.1 Å². The summed E-state index contributed by atoms with van der Waals surface area (Å²) in [4.78, 5) is 17.3. The Kier molecular flexibility index (Phi) is 4.05. The molecular weight excluding hydrogens is 350 g/mol. The summed E-state index contributed by atoms with van der Waals surface area (Å²) >= 11 is 6.20. The summed E-state index contributed by atoms with van der Waals surface area (Å²) in [5.74, 6) is 0. The van der Waals surface area contributed by atoms with Crippen molar-refractivity contribution >= 4 is 22.8 Å². The van der Waals surface area contributed by atoms with Crippen molar-refractivity contribution in [3.05, 3.63) is 81.4 Å². The van der Waals surface area contributed by atoms with Crippen molar-refractivity contribution in [2.24, 2.45) is 0 Å². The van der Waals surface area contributed by atoms with Gasteiger partial charge in [-0.3, -0.25) is 9.36 Å². The van der Waals surface area contributed by atoms with Crippen molar-refractivity contribution in [3.8, 4) is 5.69 Å². The molecule has 0 aliphatic carbocycles. The third kappa shape index (κ3) is 2.68. The van der Waals surface area contributed by atoms with Gasteiger partial charge in [0.15, 0.2) is 11.2 Å². The molecular formula is C19H16ClN5O. The molecule has 0 amide bonds. The summed E-state index contributed by atoms with van der Waals surface area (Å²) in [5.41, 5.74) is 3.11. The summed E-state index contributed by atoms with van der Waals surface area (Å²) < 4.78 is 3.10. The normalized spacial score (nSPS) is 12.4. The Hall–Kier alpha value is -2.99. The summed E-state index contributed by atoms with van der Waals surface area (Å²) in [6.07, 6.45) is 1.54. The van der Waals surface area contributed by atoms with Crippen LogP contribution in [0, 0.1) is 6.92 Å². The van der Waals surface area contributed by atoms with Gasteiger partial charge in [0, 0.05) is 5.02 Å². The maximum absolute atomic E-state index is 12.9. The van der Waals surface area contributed by atoms with Gasteiger partial charge >= 0.3 is 0 Å². The lowest BCUT2D eigenvalue weighted by Gasteiger charge is -2.14. The van der Waals surface area contributed by atoms with Crippen LogP contribution in [0.4, 0.5) is 0 Å². The van der Waals surface area contributed by atoms with Crippen LogP contribution >= 0.6 is 11.6 Å². The maximum atomic E-state index is 12.9. The average molecular weight is 366 g/mol. The van der Waals surface area contributed by atoms with Crippen LogP contribution in [0.2, 0.25) is 5.02 Å². The average Bonchev–Trinajstić information content (AvgIpc) is 3.09. The lowest BCUT2D eigenvalue weighted by atomic mass is 10.1. The van der Waals surface area contributed by atoms with Crippen molar-refractivity contribution in [1.29, 1.82) is 0 Å². The highest BCUT2D eigenvalue weighted by molar-refractivity contribution is 6.31. The molecule has 1 unspecified atom stereocenters. The van der Waals surface area contributed by atoms with Gasteiger partial charge in [0.2, 0.25) is 0 Å². The standard InChI is InChI=1S/C19H16ClN5O/c1-12-8-9-15(10-16(12)20)25-18-17(22-23-25)19(26)24(11-21-18)13(2)14-6-4-3-5-7-14/h3-11,13H,1-2H3. The molecule has 6 nitrogen and oxygen atoms in total. The number of hydrogen-bond donors (Lipinski definition) is 0. The van der Waals surface area contributed by atoms with Gasteiger partial charge in [-0.15, -0.1) is 5.10 Å². The van der Waals surface area contributed by atoms with Gasteiger partial charge in [0.1, 0.15) is 6.33 Å². The van der Waals surface area contributed by atoms with Gasteiger partial charge in [-0.05, 0) is 37.1 Å². The highest BCUT2D eigenvalue weighted by Crippen LogP contribution is 2.21. The SMILES string of the molecule is Cc1ccc(-n2nnc3c(=O)n(C(C)c4ccccc4)cnc32)cc1Cl. The van der Waals surface area contributed by atoms with Crippen molar-refractivity contribution in [3.63, 3.8) is 0 Å². The van der Waals surface area contributed by atoms with E-state index in [1.165, 1.54) is 11.0 Å². The van der Waals surface area contributed by atoms with E-state index in [4.69, 9.17) is 11.6 Å². The molecule has 2 aromatic carbocycles. The maximum Gasteiger partial charge on any atom is 0.284 e. The Morgan fingerprint density at radius 1 is 1.12 bits per heavy atom. The number of halogens is 1. The molecule has 0 aliphatic rings. The molecule has 0 spiro atoms. The predicted molar refractivity (Wildman–Crippen MR) is 101 cm³/mol. The Morgan fingerprint density at radius 3 is 2.62 bits per heavy atom. The molecule has 0 radical (unpaired) electrons. The molecule has 130 valence electrons. The van der Waals surface area contributed by atoms with E-state index in [-0.39, 0.29) is 17.1 Å². The molecule has 0 fully saturated rings. The van der Waals surface area contributed by atoms with Crippen LogP contribution in [0.3, 0.4) is 0 Å². The minimum atomic E-state index is -0.226. The minimum absolute atomic E-state index is 0.153. The molecule has 4 rings (SSSR count). The molecule has 0 saturated heterocycles. The monoisotopic (exact) mass is 365 g/mol. The van der Waals surface area contributed by atoms with Crippen LogP contribution in [0.5, 0.6) is 0 Å². The molecule has 0 saturated carbocycles. The van der Waals surface area contributed by atoms with Crippen LogP contribution in [0.25, 0.3) is 16.9 Å². The second kappa shape index (κ2) is 6.38. The van der Waals surface area contributed by atoms with Crippen LogP contribution < -0.4 is 5.56 Å². The van der Waals surface area contributed by atoms with Gasteiger partial charge < -0.3 is 0 Å². The fourth-order valence-corrected chi connectivity index (χ4v) is 3.05. The third-order valence-electron chi connectivity index (χ3n) is 4.49. The summed E-state index contributed by atoms with van der Waals surface area (Å²) in [6.45, 7) is 3.88. The third-order valence-corrected chi connectivity index (χ3v) is 4.89. The highest BCUT2D eigenvalue weighted by Gasteiger charge is 2.17. The molecule has 2 heterocycles. The van der Waals surface area contributed by atoms with Gasteiger partial charge in [-0.1, -0.05) is 53.2 Å². The van der Waals surface area contributed by atoms with E-state index < -0.39 is 0 Å². The van der Waals surface area contributed by atoms with Crippen molar-refractivity contribution < 1.29 is 0 Å². The molecule has 0 bridgehead atoms. The smallest absolute Gasteiger partial charge is 0.284 e. The largest absolute Gasteiger partial charge is 0.290 e. The van der Waals surface area contributed by atoms with Crippen molar-refractivity contribution in [2.45, 2.75) is 19.9 Å². The zero-order valence-corrected chi connectivity index (χ0v) is 15.1.